The van der Waals surface area contributed by atoms with Crippen LogP contribution in [-0.4, -0.2) is 37.1 Å². The Bertz CT molecular complexity index is 447. The van der Waals surface area contributed by atoms with Crippen LogP contribution < -0.4 is 5.73 Å². The molecule has 0 radical (unpaired) electrons. The number of carbonyl (C=O) groups is 1. The van der Waals surface area contributed by atoms with Gasteiger partial charge in [0.05, 0.1) is 6.10 Å². The van der Waals surface area contributed by atoms with Gasteiger partial charge in [-0.3, -0.25) is 4.79 Å². The highest BCUT2D eigenvalue weighted by molar-refractivity contribution is 5.85. The van der Waals surface area contributed by atoms with Gasteiger partial charge < -0.3 is 15.4 Å². The van der Waals surface area contributed by atoms with Crippen molar-refractivity contribution in [3.63, 3.8) is 0 Å². The fourth-order valence-electron chi connectivity index (χ4n) is 3.02. The van der Waals surface area contributed by atoms with Crippen LogP contribution in [0, 0.1) is 0 Å². The largest absolute Gasteiger partial charge is 0.381 e. The molecule has 22 heavy (non-hydrogen) atoms. The molecule has 1 aromatic carbocycles. The quantitative estimate of drug-likeness (QED) is 0.905. The highest BCUT2D eigenvalue weighted by Crippen LogP contribution is 2.25. The zero-order valence-corrected chi connectivity index (χ0v) is 14.2. The number of methoxy groups -OCH3 is 1. The van der Waals surface area contributed by atoms with Crippen LogP contribution >= 0.6 is 12.4 Å². The number of carbonyl (C=O) groups excluding carboxylic acids is 1. The summed E-state index contributed by atoms with van der Waals surface area (Å²) in [4.78, 5) is 14.3. The first kappa shape index (κ1) is 18.9. The average Bonchev–Trinajstić information content (AvgIpc) is 2.55. The normalized spacial score (nSPS) is 22.5. The molecule has 1 unspecified atom stereocenters. The molecule has 1 fully saturated rings. The van der Waals surface area contributed by atoms with Gasteiger partial charge in [-0.2, -0.15) is 0 Å². The smallest absolute Gasteiger partial charge is 0.224 e. The number of halogens is 1. The molecule has 1 atom stereocenters. The van der Waals surface area contributed by atoms with Gasteiger partial charge in [-0.1, -0.05) is 30.3 Å². The van der Waals surface area contributed by atoms with Gasteiger partial charge in [-0.15, -0.1) is 12.4 Å². The van der Waals surface area contributed by atoms with E-state index in [1.807, 2.05) is 42.3 Å². The molecule has 0 heterocycles. The SMILES string of the molecule is COC1CCC(N(C)C(=O)CC(N)c2ccccc2)CC1.Cl. The number of hydrogen-bond acceptors (Lipinski definition) is 3. The van der Waals surface area contributed by atoms with Crippen LogP contribution in [0.15, 0.2) is 30.3 Å². The average molecular weight is 327 g/mol. The van der Waals surface area contributed by atoms with Gasteiger partial charge in [0.15, 0.2) is 0 Å². The van der Waals surface area contributed by atoms with Gasteiger partial charge in [0, 0.05) is 32.7 Å². The topological polar surface area (TPSA) is 55.6 Å². The minimum absolute atomic E-state index is 0. The van der Waals surface area contributed by atoms with E-state index in [2.05, 4.69) is 0 Å². The summed E-state index contributed by atoms with van der Waals surface area (Å²) in [6.07, 6.45) is 4.82. The van der Waals surface area contributed by atoms with E-state index in [0.29, 0.717) is 18.6 Å². The molecule has 0 bridgehead atoms. The lowest BCUT2D eigenvalue weighted by atomic mass is 9.91. The number of amides is 1. The summed E-state index contributed by atoms with van der Waals surface area (Å²) in [6.45, 7) is 0. The monoisotopic (exact) mass is 326 g/mol. The second kappa shape index (κ2) is 9.13. The fraction of sp³-hybridized carbons (Fsp3) is 0.588. The Labute approximate surface area is 139 Å². The Morgan fingerprint density at radius 3 is 2.41 bits per heavy atom. The van der Waals surface area contributed by atoms with Crippen molar-refractivity contribution >= 4 is 18.3 Å². The van der Waals surface area contributed by atoms with Crippen LogP contribution in [0.5, 0.6) is 0 Å². The molecule has 0 spiro atoms. The molecule has 4 nitrogen and oxygen atoms in total. The third kappa shape index (κ3) is 4.97. The molecule has 1 aromatic rings. The number of benzene rings is 1. The van der Waals surface area contributed by atoms with Crippen molar-refractivity contribution in [3.8, 4) is 0 Å². The number of nitrogens with zero attached hydrogens (tertiary/aromatic N) is 1. The molecule has 0 saturated heterocycles. The lowest BCUT2D eigenvalue weighted by Gasteiger charge is -2.34. The van der Waals surface area contributed by atoms with Gasteiger partial charge in [-0.25, -0.2) is 0 Å². The third-order valence-electron chi connectivity index (χ3n) is 4.54. The molecule has 1 amide bonds. The molecule has 2 N–H and O–H groups in total. The third-order valence-corrected chi connectivity index (χ3v) is 4.54. The minimum atomic E-state index is -0.225. The maximum Gasteiger partial charge on any atom is 0.224 e. The lowest BCUT2D eigenvalue weighted by Crippen LogP contribution is -2.41. The van der Waals surface area contributed by atoms with E-state index in [1.54, 1.807) is 7.11 Å². The molecule has 1 aliphatic rings. The summed E-state index contributed by atoms with van der Waals surface area (Å²) < 4.78 is 5.38. The molecule has 0 aliphatic heterocycles. The molecule has 5 heteroatoms. The van der Waals surface area contributed by atoms with Crippen LogP contribution in [0.4, 0.5) is 0 Å². The van der Waals surface area contributed by atoms with Crippen LogP contribution in [0.2, 0.25) is 0 Å². The molecule has 124 valence electrons. The van der Waals surface area contributed by atoms with E-state index < -0.39 is 0 Å². The summed E-state index contributed by atoms with van der Waals surface area (Å²) in [5, 5.41) is 0. The van der Waals surface area contributed by atoms with Crippen molar-refractivity contribution in [3.05, 3.63) is 35.9 Å². The van der Waals surface area contributed by atoms with Crippen molar-refractivity contribution in [1.29, 1.82) is 0 Å². The Balaban J connectivity index is 0.00000242. The predicted octanol–water partition coefficient (Wildman–Crippen LogP) is 2.91. The summed E-state index contributed by atoms with van der Waals surface area (Å²) in [7, 11) is 3.66. The molecule has 2 rings (SSSR count). The molecular weight excluding hydrogens is 300 g/mol. The van der Waals surface area contributed by atoms with Crippen LogP contribution in [0.25, 0.3) is 0 Å². The van der Waals surface area contributed by atoms with E-state index >= 15 is 0 Å². The highest BCUT2D eigenvalue weighted by atomic mass is 35.5. The number of hydrogen-bond donors (Lipinski definition) is 1. The van der Waals surface area contributed by atoms with E-state index in [0.717, 1.165) is 31.2 Å². The molecule has 1 aliphatic carbocycles. The van der Waals surface area contributed by atoms with Crippen molar-refractivity contribution in [2.45, 2.75) is 50.3 Å². The van der Waals surface area contributed by atoms with Crippen molar-refractivity contribution < 1.29 is 9.53 Å². The minimum Gasteiger partial charge on any atom is -0.381 e. The fourth-order valence-corrected chi connectivity index (χ4v) is 3.02. The Kier molecular flexibility index (Phi) is 7.87. The van der Waals surface area contributed by atoms with E-state index in [1.165, 1.54) is 0 Å². The summed E-state index contributed by atoms with van der Waals surface area (Å²) in [6, 6.07) is 9.91. The van der Waals surface area contributed by atoms with Crippen molar-refractivity contribution in [1.82, 2.24) is 4.90 Å². The standard InChI is InChI=1S/C17H26N2O2.ClH/c1-19(14-8-10-15(21-2)11-9-14)17(20)12-16(18)13-6-4-3-5-7-13;/h3-7,14-16H,8-12,18H2,1-2H3;1H. The van der Waals surface area contributed by atoms with Gasteiger partial charge in [0.1, 0.15) is 0 Å². The summed E-state index contributed by atoms with van der Waals surface area (Å²) >= 11 is 0. The molecule has 1 saturated carbocycles. The molecular formula is C17H27ClN2O2. The maximum atomic E-state index is 12.4. The predicted molar refractivity (Wildman–Crippen MR) is 91.1 cm³/mol. The first-order valence-electron chi connectivity index (χ1n) is 7.70. The summed E-state index contributed by atoms with van der Waals surface area (Å²) in [5.74, 6) is 0.132. The van der Waals surface area contributed by atoms with Gasteiger partial charge in [0.25, 0.3) is 0 Å². The zero-order valence-electron chi connectivity index (χ0n) is 13.4. The Morgan fingerprint density at radius 2 is 1.86 bits per heavy atom. The van der Waals surface area contributed by atoms with Gasteiger partial charge in [0.2, 0.25) is 5.91 Å². The molecule has 0 aromatic heterocycles. The van der Waals surface area contributed by atoms with Crippen molar-refractivity contribution in [2.75, 3.05) is 14.2 Å². The first-order valence-corrected chi connectivity index (χ1v) is 7.70. The van der Waals surface area contributed by atoms with E-state index in [-0.39, 0.29) is 24.4 Å². The zero-order chi connectivity index (χ0) is 15.2. The highest BCUT2D eigenvalue weighted by Gasteiger charge is 2.27. The first-order chi connectivity index (χ1) is 10.1. The van der Waals surface area contributed by atoms with Crippen molar-refractivity contribution in [2.24, 2.45) is 5.73 Å². The van der Waals surface area contributed by atoms with Crippen LogP contribution in [0.1, 0.15) is 43.7 Å². The van der Waals surface area contributed by atoms with Crippen LogP contribution in [-0.2, 0) is 9.53 Å². The number of rotatable bonds is 5. The number of ether oxygens (including phenoxy) is 1. The maximum absolute atomic E-state index is 12.4. The summed E-state index contributed by atoms with van der Waals surface area (Å²) in [5.41, 5.74) is 7.16. The van der Waals surface area contributed by atoms with E-state index in [4.69, 9.17) is 10.5 Å². The number of nitrogens with two attached hydrogens (primary N) is 1. The van der Waals surface area contributed by atoms with Crippen LogP contribution in [0.3, 0.4) is 0 Å². The second-order valence-corrected chi connectivity index (χ2v) is 5.89. The van der Waals surface area contributed by atoms with Gasteiger partial charge >= 0.3 is 0 Å². The Hall–Kier alpha value is -1.10. The lowest BCUT2D eigenvalue weighted by molar-refractivity contribution is -0.133. The Morgan fingerprint density at radius 1 is 1.27 bits per heavy atom. The van der Waals surface area contributed by atoms with E-state index in [9.17, 15) is 4.79 Å². The second-order valence-electron chi connectivity index (χ2n) is 5.89. The van der Waals surface area contributed by atoms with Gasteiger partial charge in [-0.05, 0) is 31.2 Å².